The first-order valence-corrected chi connectivity index (χ1v) is 9.56. The summed E-state index contributed by atoms with van der Waals surface area (Å²) in [6, 6.07) is 17.3. The summed E-state index contributed by atoms with van der Waals surface area (Å²) < 4.78 is 5.74. The van der Waals surface area contributed by atoms with Gasteiger partial charge in [-0.15, -0.1) is 0 Å². The fraction of sp³-hybridized carbons (Fsp3) is 0.409. The van der Waals surface area contributed by atoms with E-state index >= 15 is 0 Å². The molecule has 1 fully saturated rings. The molecule has 144 valence electrons. The Morgan fingerprint density at radius 2 is 1.96 bits per heavy atom. The average molecular weight is 368 g/mol. The second-order valence-corrected chi connectivity index (χ2v) is 7.18. The summed E-state index contributed by atoms with van der Waals surface area (Å²) >= 11 is 0. The van der Waals surface area contributed by atoms with Crippen molar-refractivity contribution in [2.75, 3.05) is 31.6 Å². The molecule has 2 unspecified atom stereocenters. The number of carbonyl (C=O) groups excluding carboxylic acids is 1. The number of nitrogens with one attached hydrogen (secondary N) is 1. The number of rotatable bonds is 7. The largest absolute Gasteiger partial charge is 0.491 e. The van der Waals surface area contributed by atoms with Gasteiger partial charge in [0.05, 0.1) is 5.92 Å². The number of benzene rings is 2. The van der Waals surface area contributed by atoms with Gasteiger partial charge in [0.2, 0.25) is 5.91 Å². The molecule has 1 amide bonds. The molecule has 5 heteroatoms. The van der Waals surface area contributed by atoms with Crippen molar-refractivity contribution in [1.82, 2.24) is 4.90 Å². The van der Waals surface area contributed by atoms with Crippen LogP contribution in [0.25, 0.3) is 0 Å². The maximum atomic E-state index is 12.5. The molecule has 1 aliphatic rings. The number of piperidine rings is 1. The van der Waals surface area contributed by atoms with E-state index in [1.54, 1.807) is 0 Å². The molecular formula is C22H28N2O3. The number of likely N-dealkylation sites (tertiary alicyclic amines) is 1. The molecule has 2 atom stereocenters. The van der Waals surface area contributed by atoms with E-state index in [1.165, 1.54) is 0 Å². The Labute approximate surface area is 161 Å². The van der Waals surface area contributed by atoms with Crippen LogP contribution >= 0.6 is 0 Å². The number of nitrogens with zero attached hydrogens (tertiary/aromatic N) is 1. The van der Waals surface area contributed by atoms with Crippen LogP contribution in [0.1, 0.15) is 18.4 Å². The molecular weight excluding hydrogens is 340 g/mol. The predicted molar refractivity (Wildman–Crippen MR) is 107 cm³/mol. The van der Waals surface area contributed by atoms with Gasteiger partial charge in [-0.25, -0.2) is 0 Å². The van der Waals surface area contributed by atoms with Crippen LogP contribution in [0.5, 0.6) is 5.75 Å². The molecule has 1 heterocycles. The van der Waals surface area contributed by atoms with Crippen molar-refractivity contribution >= 4 is 11.6 Å². The molecule has 27 heavy (non-hydrogen) atoms. The Kier molecular flexibility index (Phi) is 6.85. The molecule has 2 aromatic carbocycles. The van der Waals surface area contributed by atoms with Gasteiger partial charge in [0.25, 0.3) is 0 Å². The normalized spacial score (nSPS) is 18.7. The molecule has 0 radical (unpaired) electrons. The average Bonchev–Trinajstić information content (AvgIpc) is 2.68. The van der Waals surface area contributed by atoms with E-state index < -0.39 is 6.10 Å². The van der Waals surface area contributed by atoms with Crippen molar-refractivity contribution in [2.24, 2.45) is 5.92 Å². The van der Waals surface area contributed by atoms with Crippen LogP contribution < -0.4 is 10.1 Å². The number of amides is 1. The maximum Gasteiger partial charge on any atom is 0.228 e. The third-order valence-electron chi connectivity index (χ3n) is 4.91. The van der Waals surface area contributed by atoms with Crippen LogP contribution in [-0.2, 0) is 4.79 Å². The Hall–Kier alpha value is -2.37. The van der Waals surface area contributed by atoms with Crippen LogP contribution in [-0.4, -0.2) is 48.3 Å². The number of ether oxygens (including phenoxy) is 1. The van der Waals surface area contributed by atoms with Gasteiger partial charge in [0, 0.05) is 18.8 Å². The Bertz CT molecular complexity index is 735. The maximum absolute atomic E-state index is 12.5. The minimum atomic E-state index is -0.583. The van der Waals surface area contributed by atoms with E-state index in [0.717, 1.165) is 36.4 Å². The van der Waals surface area contributed by atoms with Crippen LogP contribution in [0, 0.1) is 12.8 Å². The monoisotopic (exact) mass is 368 g/mol. The minimum Gasteiger partial charge on any atom is -0.491 e. The SMILES string of the molecule is Cc1ccccc1OCC(O)CN1CCCC(C(=O)Nc2ccccc2)C1. The summed E-state index contributed by atoms with van der Waals surface area (Å²) in [4.78, 5) is 14.7. The number of aryl methyl sites for hydroxylation is 1. The van der Waals surface area contributed by atoms with Crippen LogP contribution in [0.3, 0.4) is 0 Å². The fourth-order valence-electron chi connectivity index (χ4n) is 3.46. The van der Waals surface area contributed by atoms with Crippen molar-refractivity contribution < 1.29 is 14.6 Å². The van der Waals surface area contributed by atoms with Crippen molar-refractivity contribution in [3.05, 3.63) is 60.2 Å². The summed E-state index contributed by atoms with van der Waals surface area (Å²) in [6.07, 6.45) is 1.25. The van der Waals surface area contributed by atoms with Crippen LogP contribution in [0.15, 0.2) is 54.6 Å². The van der Waals surface area contributed by atoms with E-state index in [4.69, 9.17) is 4.74 Å². The molecule has 0 aliphatic carbocycles. The van der Waals surface area contributed by atoms with Crippen molar-refractivity contribution in [3.63, 3.8) is 0 Å². The third kappa shape index (κ3) is 5.81. The van der Waals surface area contributed by atoms with Gasteiger partial charge in [-0.3, -0.25) is 9.69 Å². The van der Waals surface area contributed by atoms with E-state index in [9.17, 15) is 9.90 Å². The van der Waals surface area contributed by atoms with E-state index in [2.05, 4.69) is 10.2 Å². The zero-order valence-corrected chi connectivity index (χ0v) is 15.8. The molecule has 2 N–H and O–H groups in total. The third-order valence-corrected chi connectivity index (χ3v) is 4.91. The molecule has 1 aliphatic heterocycles. The second-order valence-electron chi connectivity index (χ2n) is 7.18. The first-order chi connectivity index (χ1) is 13.1. The number of hydrogen-bond acceptors (Lipinski definition) is 4. The lowest BCUT2D eigenvalue weighted by Gasteiger charge is -2.33. The highest BCUT2D eigenvalue weighted by atomic mass is 16.5. The van der Waals surface area contributed by atoms with Gasteiger partial charge in [-0.05, 0) is 50.1 Å². The van der Waals surface area contributed by atoms with E-state index in [0.29, 0.717) is 13.1 Å². The number of β-amino-alcohol motifs (C(OH)–C–C–N with tert-alkyl or cyclic N) is 1. The number of aliphatic hydroxyl groups excluding tert-OH is 1. The Morgan fingerprint density at radius 3 is 2.74 bits per heavy atom. The van der Waals surface area contributed by atoms with Gasteiger partial charge >= 0.3 is 0 Å². The lowest BCUT2D eigenvalue weighted by molar-refractivity contribution is -0.121. The number of anilines is 1. The zero-order valence-electron chi connectivity index (χ0n) is 15.8. The molecule has 5 nitrogen and oxygen atoms in total. The molecule has 1 saturated heterocycles. The summed E-state index contributed by atoms with van der Waals surface area (Å²) in [6.45, 7) is 4.32. The van der Waals surface area contributed by atoms with Gasteiger partial charge in [-0.1, -0.05) is 36.4 Å². The highest BCUT2D eigenvalue weighted by Crippen LogP contribution is 2.20. The van der Waals surface area contributed by atoms with Crippen molar-refractivity contribution in [1.29, 1.82) is 0 Å². The number of carbonyl (C=O) groups is 1. The lowest BCUT2D eigenvalue weighted by Crippen LogP contribution is -2.44. The van der Waals surface area contributed by atoms with E-state index in [-0.39, 0.29) is 18.4 Å². The second kappa shape index (κ2) is 9.53. The summed E-state index contributed by atoms with van der Waals surface area (Å²) in [5, 5.41) is 13.3. The molecule has 0 bridgehead atoms. The summed E-state index contributed by atoms with van der Waals surface area (Å²) in [5.41, 5.74) is 1.88. The quantitative estimate of drug-likeness (QED) is 0.788. The predicted octanol–water partition coefficient (Wildman–Crippen LogP) is 3.09. The summed E-state index contributed by atoms with van der Waals surface area (Å²) in [5.74, 6) is 0.801. The van der Waals surface area contributed by atoms with Gasteiger partial charge in [0.1, 0.15) is 18.5 Å². The number of aliphatic hydroxyl groups is 1. The lowest BCUT2D eigenvalue weighted by atomic mass is 9.96. The van der Waals surface area contributed by atoms with Gasteiger partial charge in [-0.2, -0.15) is 0 Å². The van der Waals surface area contributed by atoms with Gasteiger partial charge < -0.3 is 15.2 Å². The zero-order chi connectivity index (χ0) is 19.1. The minimum absolute atomic E-state index is 0.0524. The topological polar surface area (TPSA) is 61.8 Å². The van der Waals surface area contributed by atoms with Crippen molar-refractivity contribution in [3.8, 4) is 5.75 Å². The highest BCUT2D eigenvalue weighted by Gasteiger charge is 2.27. The van der Waals surface area contributed by atoms with E-state index in [1.807, 2.05) is 61.5 Å². The first kappa shape index (κ1) is 19.4. The molecule has 0 spiro atoms. The number of para-hydroxylation sites is 2. The van der Waals surface area contributed by atoms with Gasteiger partial charge in [0.15, 0.2) is 0 Å². The Balaban J connectivity index is 1.46. The van der Waals surface area contributed by atoms with Crippen molar-refractivity contribution in [2.45, 2.75) is 25.9 Å². The fourth-order valence-corrected chi connectivity index (χ4v) is 3.46. The summed E-state index contributed by atoms with van der Waals surface area (Å²) in [7, 11) is 0. The standard InChI is InChI=1S/C22H28N2O3/c1-17-8-5-6-12-21(17)27-16-20(25)15-24-13-7-9-18(14-24)22(26)23-19-10-3-2-4-11-19/h2-6,8,10-12,18,20,25H,7,9,13-16H2,1H3,(H,23,26). The number of hydrogen-bond donors (Lipinski definition) is 2. The molecule has 2 aromatic rings. The highest BCUT2D eigenvalue weighted by molar-refractivity contribution is 5.92. The molecule has 3 rings (SSSR count). The van der Waals surface area contributed by atoms with Crippen LogP contribution in [0.4, 0.5) is 5.69 Å². The smallest absolute Gasteiger partial charge is 0.228 e. The molecule has 0 aromatic heterocycles. The first-order valence-electron chi connectivity index (χ1n) is 9.56. The Morgan fingerprint density at radius 1 is 1.22 bits per heavy atom. The van der Waals surface area contributed by atoms with Crippen LogP contribution in [0.2, 0.25) is 0 Å². The molecule has 0 saturated carbocycles.